The molecule has 16 heavy (non-hydrogen) atoms. The molecular weight excluding hydrogens is 196 g/mol. The average Bonchev–Trinajstić information content (AvgIpc) is 2.19. The van der Waals surface area contributed by atoms with Crippen molar-refractivity contribution in [3.8, 4) is 0 Å². The molecule has 1 rings (SSSR count). The highest BCUT2D eigenvalue weighted by Gasteiger charge is 2.11. The van der Waals surface area contributed by atoms with E-state index in [0.29, 0.717) is 12.3 Å². The number of hydrogen-bond acceptors (Lipinski definition) is 1. The lowest BCUT2D eigenvalue weighted by Crippen LogP contribution is -2.05. The SMILES string of the molecule is CCCc1c(CC(C)=O)cccc1C(C)C. The van der Waals surface area contributed by atoms with Crippen molar-refractivity contribution in [3.05, 3.63) is 34.9 Å². The summed E-state index contributed by atoms with van der Waals surface area (Å²) in [5.41, 5.74) is 4.02. The molecule has 1 heteroatoms. The Kier molecular flexibility index (Phi) is 4.72. The number of ketones is 1. The molecule has 0 saturated heterocycles. The highest BCUT2D eigenvalue weighted by molar-refractivity contribution is 5.78. The third kappa shape index (κ3) is 3.19. The van der Waals surface area contributed by atoms with Gasteiger partial charge in [-0.05, 0) is 36.0 Å². The van der Waals surface area contributed by atoms with Gasteiger partial charge in [0.25, 0.3) is 0 Å². The molecule has 0 fully saturated rings. The minimum absolute atomic E-state index is 0.248. The third-order valence-corrected chi connectivity index (χ3v) is 2.87. The lowest BCUT2D eigenvalue weighted by molar-refractivity contribution is -0.116. The van der Waals surface area contributed by atoms with E-state index >= 15 is 0 Å². The molecule has 0 aliphatic rings. The smallest absolute Gasteiger partial charge is 0.134 e. The number of carbonyl (C=O) groups is 1. The lowest BCUT2D eigenvalue weighted by atomic mass is 9.89. The van der Waals surface area contributed by atoms with Crippen LogP contribution in [0.3, 0.4) is 0 Å². The second kappa shape index (κ2) is 5.83. The van der Waals surface area contributed by atoms with E-state index in [1.54, 1.807) is 6.92 Å². The van der Waals surface area contributed by atoms with Crippen molar-refractivity contribution in [2.45, 2.75) is 52.9 Å². The van der Waals surface area contributed by atoms with E-state index in [2.05, 4.69) is 39.0 Å². The van der Waals surface area contributed by atoms with Gasteiger partial charge in [0.05, 0.1) is 0 Å². The first-order valence-electron chi connectivity index (χ1n) is 6.16. The molecule has 0 spiro atoms. The van der Waals surface area contributed by atoms with Crippen LogP contribution in [0.5, 0.6) is 0 Å². The Balaban J connectivity index is 3.15. The maximum absolute atomic E-state index is 11.3. The summed E-state index contributed by atoms with van der Waals surface area (Å²) >= 11 is 0. The molecule has 0 bridgehead atoms. The van der Waals surface area contributed by atoms with E-state index < -0.39 is 0 Å². The van der Waals surface area contributed by atoms with Crippen molar-refractivity contribution in [2.75, 3.05) is 0 Å². The average molecular weight is 218 g/mol. The standard InChI is InChI=1S/C15H22O/c1-5-7-15-13(10-12(4)16)8-6-9-14(15)11(2)3/h6,8-9,11H,5,7,10H2,1-4H3. The van der Waals surface area contributed by atoms with Gasteiger partial charge in [0.15, 0.2) is 0 Å². The topological polar surface area (TPSA) is 17.1 Å². The third-order valence-electron chi connectivity index (χ3n) is 2.87. The summed E-state index contributed by atoms with van der Waals surface area (Å²) in [7, 11) is 0. The summed E-state index contributed by atoms with van der Waals surface area (Å²) in [6, 6.07) is 6.37. The van der Waals surface area contributed by atoms with Crippen LogP contribution < -0.4 is 0 Å². The van der Waals surface area contributed by atoms with Gasteiger partial charge in [-0.2, -0.15) is 0 Å². The zero-order valence-corrected chi connectivity index (χ0v) is 10.8. The number of benzene rings is 1. The predicted molar refractivity (Wildman–Crippen MR) is 68.9 cm³/mol. The normalized spacial score (nSPS) is 10.8. The van der Waals surface area contributed by atoms with Crippen LogP contribution in [-0.4, -0.2) is 5.78 Å². The molecule has 0 aliphatic heterocycles. The van der Waals surface area contributed by atoms with Crippen LogP contribution in [0.15, 0.2) is 18.2 Å². The number of hydrogen-bond donors (Lipinski definition) is 0. The Hall–Kier alpha value is -1.11. The molecule has 88 valence electrons. The van der Waals surface area contributed by atoms with Crippen molar-refractivity contribution in [1.29, 1.82) is 0 Å². The molecule has 0 saturated carbocycles. The summed E-state index contributed by atoms with van der Waals surface area (Å²) in [5, 5.41) is 0. The van der Waals surface area contributed by atoms with Crippen LogP contribution in [0.25, 0.3) is 0 Å². The second-order valence-electron chi connectivity index (χ2n) is 4.77. The number of Topliss-reactive ketones (excluding diaryl/α,β-unsaturated/α-hetero) is 1. The van der Waals surface area contributed by atoms with Crippen molar-refractivity contribution >= 4 is 5.78 Å². The molecule has 1 aromatic rings. The second-order valence-corrected chi connectivity index (χ2v) is 4.77. The van der Waals surface area contributed by atoms with E-state index in [4.69, 9.17) is 0 Å². The largest absolute Gasteiger partial charge is 0.300 e. The van der Waals surface area contributed by atoms with Gasteiger partial charge in [-0.3, -0.25) is 4.79 Å². The van der Waals surface area contributed by atoms with Gasteiger partial charge in [-0.1, -0.05) is 45.4 Å². The van der Waals surface area contributed by atoms with Crippen molar-refractivity contribution in [2.24, 2.45) is 0 Å². The van der Waals surface area contributed by atoms with Gasteiger partial charge >= 0.3 is 0 Å². The fourth-order valence-corrected chi connectivity index (χ4v) is 2.18. The van der Waals surface area contributed by atoms with Crippen LogP contribution in [0.4, 0.5) is 0 Å². The maximum atomic E-state index is 11.3. The first kappa shape index (κ1) is 13.0. The van der Waals surface area contributed by atoms with Gasteiger partial charge in [-0.15, -0.1) is 0 Å². The van der Waals surface area contributed by atoms with Gasteiger partial charge in [0.2, 0.25) is 0 Å². The van der Waals surface area contributed by atoms with E-state index in [0.717, 1.165) is 12.8 Å². The molecule has 0 aliphatic carbocycles. The van der Waals surface area contributed by atoms with E-state index in [9.17, 15) is 4.79 Å². The van der Waals surface area contributed by atoms with Gasteiger partial charge in [0, 0.05) is 6.42 Å². The monoisotopic (exact) mass is 218 g/mol. The Bertz CT molecular complexity index is 364. The summed E-state index contributed by atoms with van der Waals surface area (Å²) in [6.07, 6.45) is 2.79. The summed E-state index contributed by atoms with van der Waals surface area (Å²) in [4.78, 5) is 11.3. The van der Waals surface area contributed by atoms with Gasteiger partial charge in [-0.25, -0.2) is 0 Å². The molecule has 0 aromatic heterocycles. The number of rotatable bonds is 5. The molecule has 1 aromatic carbocycles. The fraction of sp³-hybridized carbons (Fsp3) is 0.533. The van der Waals surface area contributed by atoms with Crippen molar-refractivity contribution in [3.63, 3.8) is 0 Å². The molecular formula is C15H22O. The minimum atomic E-state index is 0.248. The van der Waals surface area contributed by atoms with Crippen LogP contribution in [0.1, 0.15) is 56.7 Å². The molecule has 0 atom stereocenters. The quantitative estimate of drug-likeness (QED) is 0.732. The highest BCUT2D eigenvalue weighted by Crippen LogP contribution is 2.24. The molecule has 0 radical (unpaired) electrons. The molecule has 1 nitrogen and oxygen atoms in total. The predicted octanol–water partition coefficient (Wildman–Crippen LogP) is 3.89. The molecule has 0 N–H and O–H groups in total. The van der Waals surface area contributed by atoms with Crippen LogP contribution >= 0.6 is 0 Å². The van der Waals surface area contributed by atoms with E-state index in [1.165, 1.54) is 16.7 Å². The first-order valence-corrected chi connectivity index (χ1v) is 6.16. The summed E-state index contributed by atoms with van der Waals surface area (Å²) in [5.74, 6) is 0.784. The Morgan fingerprint density at radius 2 is 2.00 bits per heavy atom. The van der Waals surface area contributed by atoms with E-state index in [-0.39, 0.29) is 5.78 Å². The van der Waals surface area contributed by atoms with Crippen LogP contribution in [0.2, 0.25) is 0 Å². The number of carbonyl (C=O) groups excluding carboxylic acids is 1. The maximum Gasteiger partial charge on any atom is 0.134 e. The Labute approximate surface area is 98.9 Å². The highest BCUT2D eigenvalue weighted by atomic mass is 16.1. The van der Waals surface area contributed by atoms with Crippen molar-refractivity contribution < 1.29 is 4.79 Å². The van der Waals surface area contributed by atoms with Gasteiger partial charge < -0.3 is 0 Å². The first-order chi connectivity index (χ1) is 7.56. The summed E-state index contributed by atoms with van der Waals surface area (Å²) in [6.45, 7) is 8.28. The Morgan fingerprint density at radius 3 is 2.50 bits per heavy atom. The molecule has 0 heterocycles. The molecule has 0 amide bonds. The lowest BCUT2D eigenvalue weighted by Gasteiger charge is -2.16. The van der Waals surface area contributed by atoms with Gasteiger partial charge in [0.1, 0.15) is 5.78 Å². The van der Waals surface area contributed by atoms with Crippen LogP contribution in [-0.2, 0) is 17.6 Å². The van der Waals surface area contributed by atoms with Crippen molar-refractivity contribution in [1.82, 2.24) is 0 Å². The van der Waals surface area contributed by atoms with Crippen LogP contribution in [0, 0.1) is 0 Å². The Morgan fingerprint density at radius 1 is 1.31 bits per heavy atom. The zero-order valence-electron chi connectivity index (χ0n) is 10.8. The summed E-state index contributed by atoms with van der Waals surface area (Å²) < 4.78 is 0. The van der Waals surface area contributed by atoms with E-state index in [1.807, 2.05) is 0 Å². The minimum Gasteiger partial charge on any atom is -0.300 e. The fourth-order valence-electron chi connectivity index (χ4n) is 2.18. The zero-order chi connectivity index (χ0) is 12.1. The molecule has 0 unspecified atom stereocenters.